The number of hydrogen-bond donors (Lipinski definition) is 8. The number of para-hydroxylation sites is 2. The Bertz CT molecular complexity index is 1600. The monoisotopic (exact) mass is 571 g/mol. The zero-order valence-corrected chi connectivity index (χ0v) is 22.4. The smallest absolute Gasteiger partial charge is 0.259 e. The molecule has 216 valence electrons. The van der Waals surface area contributed by atoms with Crippen molar-refractivity contribution >= 4 is 29.1 Å². The van der Waals surface area contributed by atoms with Crippen LogP contribution in [0.3, 0.4) is 0 Å². The summed E-state index contributed by atoms with van der Waals surface area (Å²) in [7, 11) is 0. The summed E-state index contributed by atoms with van der Waals surface area (Å²) in [4.78, 5) is 37.8. The molecule has 11 heteroatoms. The van der Waals surface area contributed by atoms with Crippen molar-refractivity contribution < 1.29 is 39.9 Å². The lowest BCUT2D eigenvalue weighted by Crippen LogP contribution is -2.50. The van der Waals surface area contributed by atoms with Gasteiger partial charge in [0.1, 0.15) is 6.04 Å². The zero-order valence-electron chi connectivity index (χ0n) is 22.4. The van der Waals surface area contributed by atoms with Gasteiger partial charge < -0.3 is 41.5 Å². The molecule has 0 saturated heterocycles. The second kappa shape index (κ2) is 12.7. The van der Waals surface area contributed by atoms with Crippen LogP contribution in [0, 0.1) is 0 Å². The summed E-state index contributed by atoms with van der Waals surface area (Å²) in [5, 5.41) is 56.8. The molecular formula is C31H29N3O8. The van der Waals surface area contributed by atoms with E-state index in [1.807, 2.05) is 12.1 Å². The summed E-state index contributed by atoms with van der Waals surface area (Å²) in [6.45, 7) is 1.34. The SMILES string of the molecule is C[C@@H](O)[C@H](NC(=O)c1cccc(O)c1O)C(=O)Nc1ccc(Cc2ccc(NC(=O)c3cccc(O)c3O)cc2)cc1. The molecule has 0 aliphatic heterocycles. The van der Waals surface area contributed by atoms with Crippen LogP contribution < -0.4 is 16.0 Å². The van der Waals surface area contributed by atoms with E-state index < -0.39 is 47.1 Å². The quantitative estimate of drug-likeness (QED) is 0.140. The van der Waals surface area contributed by atoms with Crippen molar-refractivity contribution in [3.05, 3.63) is 107 Å². The second-order valence-electron chi connectivity index (χ2n) is 9.55. The Labute approximate surface area is 240 Å². The minimum absolute atomic E-state index is 0.0517. The van der Waals surface area contributed by atoms with Crippen molar-refractivity contribution in [1.82, 2.24) is 5.32 Å². The predicted molar refractivity (Wildman–Crippen MR) is 155 cm³/mol. The van der Waals surface area contributed by atoms with Crippen molar-refractivity contribution in [2.75, 3.05) is 10.6 Å². The molecule has 4 rings (SSSR count). The van der Waals surface area contributed by atoms with Crippen LogP contribution in [-0.4, -0.2) is 55.4 Å². The third kappa shape index (κ3) is 6.95. The highest BCUT2D eigenvalue weighted by Crippen LogP contribution is 2.29. The van der Waals surface area contributed by atoms with Crippen LogP contribution in [0.15, 0.2) is 84.9 Å². The first-order valence-corrected chi connectivity index (χ1v) is 12.8. The fourth-order valence-electron chi connectivity index (χ4n) is 4.12. The van der Waals surface area contributed by atoms with Crippen LogP contribution >= 0.6 is 0 Å². The van der Waals surface area contributed by atoms with Gasteiger partial charge in [-0.15, -0.1) is 0 Å². The highest BCUT2D eigenvalue weighted by atomic mass is 16.3. The van der Waals surface area contributed by atoms with Crippen LogP contribution in [-0.2, 0) is 11.2 Å². The van der Waals surface area contributed by atoms with E-state index in [1.54, 1.807) is 36.4 Å². The fraction of sp³-hybridized carbons (Fsp3) is 0.129. The number of rotatable bonds is 9. The summed E-state index contributed by atoms with van der Waals surface area (Å²) >= 11 is 0. The van der Waals surface area contributed by atoms with Gasteiger partial charge >= 0.3 is 0 Å². The Morgan fingerprint density at radius 3 is 1.57 bits per heavy atom. The van der Waals surface area contributed by atoms with Crippen molar-refractivity contribution in [2.45, 2.75) is 25.5 Å². The summed E-state index contributed by atoms with van der Waals surface area (Å²) < 4.78 is 0. The molecule has 0 aliphatic rings. The number of benzene rings is 4. The number of carbonyl (C=O) groups excluding carboxylic acids is 3. The third-order valence-corrected chi connectivity index (χ3v) is 6.41. The van der Waals surface area contributed by atoms with Gasteiger partial charge in [-0.05, 0) is 73.0 Å². The van der Waals surface area contributed by atoms with Crippen LogP contribution in [0.5, 0.6) is 23.0 Å². The van der Waals surface area contributed by atoms with E-state index in [1.165, 1.54) is 43.3 Å². The molecule has 42 heavy (non-hydrogen) atoms. The number of aliphatic hydroxyl groups excluding tert-OH is 1. The predicted octanol–water partition coefficient (Wildman–Crippen LogP) is 3.47. The van der Waals surface area contributed by atoms with Gasteiger partial charge in [-0.1, -0.05) is 36.4 Å². The number of hydrogen-bond acceptors (Lipinski definition) is 8. The number of amides is 3. The number of carbonyl (C=O) groups is 3. The summed E-state index contributed by atoms with van der Waals surface area (Å²) in [6.07, 6.45) is -0.707. The molecule has 0 radical (unpaired) electrons. The van der Waals surface area contributed by atoms with Crippen molar-refractivity contribution in [3.63, 3.8) is 0 Å². The molecule has 0 heterocycles. The molecule has 0 aromatic heterocycles. The standard InChI is InChI=1S/C31H29N3O8/c1-17(35)26(34-30(41)23-5-3-7-25(37)28(23)39)31(42)33-21-14-10-19(11-15-21)16-18-8-12-20(13-9-18)32-29(40)22-4-2-6-24(36)27(22)38/h2-15,17,26,35-39H,16H2,1H3,(H,32,40)(H,33,42)(H,34,41)/t17-,26+/m1/s1. The lowest BCUT2D eigenvalue weighted by atomic mass is 10.0. The fourth-order valence-corrected chi connectivity index (χ4v) is 4.12. The van der Waals surface area contributed by atoms with Crippen molar-refractivity contribution in [2.24, 2.45) is 0 Å². The molecule has 4 aromatic rings. The minimum atomic E-state index is -1.34. The molecule has 0 saturated carbocycles. The Morgan fingerprint density at radius 2 is 1.10 bits per heavy atom. The first kappa shape index (κ1) is 29.4. The lowest BCUT2D eigenvalue weighted by Gasteiger charge is -2.21. The molecule has 2 atom stereocenters. The number of anilines is 2. The average molecular weight is 572 g/mol. The van der Waals surface area contributed by atoms with E-state index in [4.69, 9.17) is 0 Å². The molecule has 0 unspecified atom stereocenters. The van der Waals surface area contributed by atoms with Crippen molar-refractivity contribution in [3.8, 4) is 23.0 Å². The van der Waals surface area contributed by atoms with E-state index in [2.05, 4.69) is 16.0 Å². The van der Waals surface area contributed by atoms with E-state index >= 15 is 0 Å². The molecule has 0 spiro atoms. The minimum Gasteiger partial charge on any atom is -0.504 e. The highest BCUT2D eigenvalue weighted by Gasteiger charge is 2.27. The largest absolute Gasteiger partial charge is 0.504 e. The van der Waals surface area contributed by atoms with Crippen LogP contribution in [0.1, 0.15) is 38.8 Å². The van der Waals surface area contributed by atoms with E-state index in [-0.39, 0.29) is 16.9 Å². The van der Waals surface area contributed by atoms with E-state index in [0.29, 0.717) is 17.8 Å². The van der Waals surface area contributed by atoms with Crippen LogP contribution in [0.4, 0.5) is 11.4 Å². The normalized spacial score (nSPS) is 12.1. The summed E-state index contributed by atoms with van der Waals surface area (Å²) in [6, 6.07) is 20.7. The van der Waals surface area contributed by atoms with E-state index in [9.17, 15) is 39.9 Å². The first-order chi connectivity index (χ1) is 20.0. The molecule has 0 bridgehead atoms. The van der Waals surface area contributed by atoms with Crippen LogP contribution in [0.25, 0.3) is 0 Å². The maximum atomic E-state index is 12.8. The summed E-state index contributed by atoms with van der Waals surface area (Å²) in [5.74, 6) is -4.10. The molecule has 11 nitrogen and oxygen atoms in total. The third-order valence-electron chi connectivity index (χ3n) is 6.41. The number of nitrogens with one attached hydrogen (secondary N) is 3. The highest BCUT2D eigenvalue weighted by molar-refractivity contribution is 6.06. The number of phenolic OH excluding ortho intramolecular Hbond substituents is 4. The van der Waals surface area contributed by atoms with E-state index in [0.717, 1.165) is 11.1 Å². The van der Waals surface area contributed by atoms with Gasteiger partial charge in [0, 0.05) is 11.4 Å². The molecule has 0 fully saturated rings. The molecule has 8 N–H and O–H groups in total. The Hall–Kier alpha value is -5.55. The molecular weight excluding hydrogens is 542 g/mol. The summed E-state index contributed by atoms with van der Waals surface area (Å²) in [5.41, 5.74) is 2.50. The van der Waals surface area contributed by atoms with Gasteiger partial charge in [0.25, 0.3) is 11.8 Å². The van der Waals surface area contributed by atoms with Gasteiger partial charge in [0.15, 0.2) is 23.0 Å². The van der Waals surface area contributed by atoms with Gasteiger partial charge in [0.05, 0.1) is 17.2 Å². The zero-order chi connectivity index (χ0) is 30.4. The lowest BCUT2D eigenvalue weighted by molar-refractivity contribution is -0.120. The second-order valence-corrected chi connectivity index (χ2v) is 9.55. The van der Waals surface area contributed by atoms with Gasteiger partial charge in [-0.2, -0.15) is 0 Å². The first-order valence-electron chi connectivity index (χ1n) is 12.8. The van der Waals surface area contributed by atoms with Gasteiger partial charge in [0.2, 0.25) is 5.91 Å². The maximum Gasteiger partial charge on any atom is 0.259 e. The number of aliphatic hydroxyl groups is 1. The van der Waals surface area contributed by atoms with Gasteiger partial charge in [-0.25, -0.2) is 0 Å². The topological polar surface area (TPSA) is 188 Å². The number of aromatic hydroxyl groups is 4. The van der Waals surface area contributed by atoms with Crippen molar-refractivity contribution in [1.29, 1.82) is 0 Å². The Balaban J connectivity index is 1.34. The molecule has 4 aromatic carbocycles. The molecule has 0 aliphatic carbocycles. The Kier molecular flexibility index (Phi) is 8.93. The van der Waals surface area contributed by atoms with Crippen LogP contribution in [0.2, 0.25) is 0 Å². The Morgan fingerprint density at radius 1 is 0.643 bits per heavy atom. The average Bonchev–Trinajstić information content (AvgIpc) is 2.96. The van der Waals surface area contributed by atoms with Gasteiger partial charge in [-0.3, -0.25) is 14.4 Å². The molecule has 3 amide bonds. The number of phenols is 4. The maximum absolute atomic E-state index is 12.8.